The Morgan fingerprint density at radius 3 is 3.12 bits per heavy atom. The van der Waals surface area contributed by atoms with Crippen LogP contribution in [-0.4, -0.2) is 41.0 Å². The summed E-state index contributed by atoms with van der Waals surface area (Å²) in [5.74, 6) is 0.992. The smallest absolute Gasteiger partial charge is 0.103 e. The number of aromatic amines is 1. The average molecular weight is 222 g/mol. The molecular formula is C12H22N4. The fourth-order valence-corrected chi connectivity index (χ4v) is 2.34. The molecule has 1 saturated heterocycles. The second kappa shape index (κ2) is 5.46. The number of nitrogens with zero attached hydrogens (tertiary/aromatic N) is 2. The topological polar surface area (TPSA) is 44.0 Å². The predicted octanol–water partition coefficient (Wildman–Crippen LogP) is 1.29. The summed E-state index contributed by atoms with van der Waals surface area (Å²) in [5.41, 5.74) is 1.18. The molecule has 1 aromatic rings. The lowest BCUT2D eigenvalue weighted by Crippen LogP contribution is -2.42. The zero-order valence-corrected chi connectivity index (χ0v) is 10.3. The van der Waals surface area contributed by atoms with Gasteiger partial charge in [0.05, 0.1) is 0 Å². The maximum absolute atomic E-state index is 4.19. The third kappa shape index (κ3) is 3.06. The Bertz CT molecular complexity index is 321. The molecule has 0 bridgehead atoms. The van der Waals surface area contributed by atoms with Gasteiger partial charge in [-0.2, -0.15) is 0 Å². The zero-order chi connectivity index (χ0) is 11.4. The van der Waals surface area contributed by atoms with Crippen molar-refractivity contribution in [2.75, 3.05) is 20.1 Å². The Morgan fingerprint density at radius 2 is 2.44 bits per heavy atom. The van der Waals surface area contributed by atoms with Crippen LogP contribution in [-0.2, 0) is 6.54 Å². The molecule has 1 atom stereocenters. The van der Waals surface area contributed by atoms with E-state index in [1.165, 1.54) is 31.5 Å². The second-order valence-electron chi connectivity index (χ2n) is 4.75. The molecule has 4 heteroatoms. The number of rotatable bonds is 4. The highest BCUT2D eigenvalue weighted by atomic mass is 15.2. The number of hydrogen-bond donors (Lipinski definition) is 2. The van der Waals surface area contributed by atoms with E-state index in [0.717, 1.165) is 18.9 Å². The molecule has 0 saturated carbocycles. The number of likely N-dealkylation sites (N-methyl/N-ethyl adjacent to an activating group) is 1. The molecule has 90 valence electrons. The van der Waals surface area contributed by atoms with E-state index in [4.69, 9.17) is 0 Å². The summed E-state index contributed by atoms with van der Waals surface area (Å²) in [4.78, 5) is 9.90. The number of hydrogen-bond acceptors (Lipinski definition) is 3. The van der Waals surface area contributed by atoms with Crippen LogP contribution >= 0.6 is 0 Å². The lowest BCUT2D eigenvalue weighted by Gasteiger charge is -2.32. The van der Waals surface area contributed by atoms with Gasteiger partial charge in [-0.15, -0.1) is 0 Å². The Hall–Kier alpha value is -0.870. The molecule has 2 rings (SSSR count). The lowest BCUT2D eigenvalue weighted by atomic mass is 10.0. The Labute approximate surface area is 97.4 Å². The number of H-pyrrole nitrogens is 1. The van der Waals surface area contributed by atoms with Gasteiger partial charge >= 0.3 is 0 Å². The number of likely N-dealkylation sites (tertiary alicyclic amines) is 1. The van der Waals surface area contributed by atoms with Crippen molar-refractivity contribution < 1.29 is 0 Å². The monoisotopic (exact) mass is 222 g/mol. The number of nitrogens with one attached hydrogen (secondary N) is 2. The zero-order valence-electron chi connectivity index (χ0n) is 10.3. The molecule has 0 radical (unpaired) electrons. The van der Waals surface area contributed by atoms with Crippen molar-refractivity contribution in [2.45, 2.75) is 38.8 Å². The summed E-state index contributed by atoms with van der Waals surface area (Å²) in [7, 11) is 2.23. The van der Waals surface area contributed by atoms with Crippen molar-refractivity contribution in [1.29, 1.82) is 0 Å². The van der Waals surface area contributed by atoms with Gasteiger partial charge in [0, 0.05) is 31.0 Å². The summed E-state index contributed by atoms with van der Waals surface area (Å²) < 4.78 is 0. The highest BCUT2D eigenvalue weighted by Crippen LogP contribution is 2.13. The molecule has 0 aliphatic carbocycles. The van der Waals surface area contributed by atoms with Gasteiger partial charge in [-0.05, 0) is 33.4 Å². The van der Waals surface area contributed by atoms with Crippen LogP contribution in [0.15, 0.2) is 6.20 Å². The van der Waals surface area contributed by atoms with Crippen LogP contribution in [0.4, 0.5) is 0 Å². The first kappa shape index (κ1) is 11.6. The first-order valence-corrected chi connectivity index (χ1v) is 6.17. The van der Waals surface area contributed by atoms with E-state index in [9.17, 15) is 0 Å². The lowest BCUT2D eigenvalue weighted by molar-refractivity contribution is 0.181. The molecule has 1 aliphatic heterocycles. The SMILES string of the molecule is Cc1ncc(CNCC2CCCCN2C)[nH]1. The standard InChI is InChI=1S/C12H22N4/c1-10-14-8-11(15-10)7-13-9-12-5-3-4-6-16(12)2/h8,12-13H,3-7,9H2,1-2H3,(H,14,15). The summed E-state index contributed by atoms with van der Waals surface area (Å²) in [5, 5.41) is 3.50. The molecule has 1 fully saturated rings. The third-order valence-corrected chi connectivity index (χ3v) is 3.37. The van der Waals surface area contributed by atoms with Gasteiger partial charge in [-0.25, -0.2) is 4.98 Å². The van der Waals surface area contributed by atoms with Crippen LogP contribution < -0.4 is 5.32 Å². The minimum atomic E-state index is 0.706. The summed E-state index contributed by atoms with van der Waals surface area (Å²) in [6.45, 7) is 5.20. The molecule has 0 amide bonds. The maximum Gasteiger partial charge on any atom is 0.103 e. The Morgan fingerprint density at radius 1 is 1.56 bits per heavy atom. The summed E-state index contributed by atoms with van der Waals surface area (Å²) in [6.07, 6.45) is 5.96. The fourth-order valence-electron chi connectivity index (χ4n) is 2.34. The number of aromatic nitrogens is 2. The van der Waals surface area contributed by atoms with Crippen molar-refractivity contribution in [1.82, 2.24) is 20.2 Å². The summed E-state index contributed by atoms with van der Waals surface area (Å²) >= 11 is 0. The molecule has 1 aromatic heterocycles. The molecule has 1 unspecified atom stereocenters. The molecule has 4 nitrogen and oxygen atoms in total. The Kier molecular flexibility index (Phi) is 3.96. The van der Waals surface area contributed by atoms with Gasteiger partial charge in [-0.3, -0.25) is 0 Å². The van der Waals surface area contributed by atoms with Crippen molar-refractivity contribution in [3.05, 3.63) is 17.7 Å². The van der Waals surface area contributed by atoms with E-state index in [-0.39, 0.29) is 0 Å². The Balaban J connectivity index is 1.71. The highest BCUT2D eigenvalue weighted by Gasteiger charge is 2.17. The van der Waals surface area contributed by atoms with E-state index in [1.807, 2.05) is 13.1 Å². The van der Waals surface area contributed by atoms with Crippen molar-refractivity contribution >= 4 is 0 Å². The molecule has 0 spiro atoms. The van der Waals surface area contributed by atoms with E-state index < -0.39 is 0 Å². The normalized spacial score (nSPS) is 22.5. The van der Waals surface area contributed by atoms with Gasteiger partial charge in [0.1, 0.15) is 5.82 Å². The van der Waals surface area contributed by atoms with Crippen LogP contribution in [0.5, 0.6) is 0 Å². The molecule has 1 aliphatic rings. The van der Waals surface area contributed by atoms with Crippen LogP contribution in [0.2, 0.25) is 0 Å². The molecule has 2 N–H and O–H groups in total. The second-order valence-corrected chi connectivity index (χ2v) is 4.75. The first-order valence-electron chi connectivity index (χ1n) is 6.17. The highest BCUT2D eigenvalue weighted by molar-refractivity contribution is 4.99. The first-order chi connectivity index (χ1) is 7.75. The third-order valence-electron chi connectivity index (χ3n) is 3.37. The van der Waals surface area contributed by atoms with Crippen molar-refractivity contribution in [3.63, 3.8) is 0 Å². The van der Waals surface area contributed by atoms with E-state index in [2.05, 4.69) is 27.2 Å². The average Bonchev–Trinajstić information content (AvgIpc) is 2.67. The number of aryl methyl sites for hydroxylation is 1. The number of imidazole rings is 1. The molecule has 0 aromatic carbocycles. The van der Waals surface area contributed by atoms with Crippen LogP contribution in [0.3, 0.4) is 0 Å². The van der Waals surface area contributed by atoms with Crippen molar-refractivity contribution in [2.24, 2.45) is 0 Å². The quantitative estimate of drug-likeness (QED) is 0.807. The maximum atomic E-state index is 4.19. The van der Waals surface area contributed by atoms with E-state index >= 15 is 0 Å². The van der Waals surface area contributed by atoms with Gasteiger partial charge in [-0.1, -0.05) is 6.42 Å². The molecule has 16 heavy (non-hydrogen) atoms. The van der Waals surface area contributed by atoms with Crippen LogP contribution in [0.1, 0.15) is 30.8 Å². The van der Waals surface area contributed by atoms with Crippen LogP contribution in [0, 0.1) is 6.92 Å². The fraction of sp³-hybridized carbons (Fsp3) is 0.750. The van der Waals surface area contributed by atoms with Crippen molar-refractivity contribution in [3.8, 4) is 0 Å². The van der Waals surface area contributed by atoms with Gasteiger partial charge in [0.25, 0.3) is 0 Å². The minimum Gasteiger partial charge on any atom is -0.345 e. The number of piperidine rings is 1. The van der Waals surface area contributed by atoms with Gasteiger partial charge < -0.3 is 15.2 Å². The predicted molar refractivity (Wildman–Crippen MR) is 65.3 cm³/mol. The minimum absolute atomic E-state index is 0.706. The van der Waals surface area contributed by atoms with Gasteiger partial charge in [0.2, 0.25) is 0 Å². The largest absolute Gasteiger partial charge is 0.345 e. The molecule has 2 heterocycles. The van der Waals surface area contributed by atoms with E-state index in [0.29, 0.717) is 6.04 Å². The van der Waals surface area contributed by atoms with Gasteiger partial charge in [0.15, 0.2) is 0 Å². The molecular weight excluding hydrogens is 200 g/mol. The van der Waals surface area contributed by atoms with Crippen LogP contribution in [0.25, 0.3) is 0 Å². The van der Waals surface area contributed by atoms with E-state index in [1.54, 1.807) is 0 Å². The summed E-state index contributed by atoms with van der Waals surface area (Å²) in [6, 6.07) is 0.706.